The number of rotatable bonds is 6. The number of H-pyrrole nitrogens is 1. The van der Waals surface area contributed by atoms with Crippen LogP contribution in [0.15, 0.2) is 36.7 Å². The number of nitrogens with one attached hydrogen (secondary N) is 2. The zero-order valence-corrected chi connectivity index (χ0v) is 15.6. The third kappa shape index (κ3) is 2.99. The van der Waals surface area contributed by atoms with Crippen molar-refractivity contribution in [2.24, 2.45) is 7.05 Å². The van der Waals surface area contributed by atoms with E-state index in [9.17, 15) is 0 Å². The van der Waals surface area contributed by atoms with Crippen molar-refractivity contribution in [2.75, 3.05) is 6.54 Å². The largest absolute Gasteiger partial charge is 0.361 e. The summed E-state index contributed by atoms with van der Waals surface area (Å²) in [6.07, 6.45) is 6.15. The lowest BCUT2D eigenvalue weighted by Crippen LogP contribution is -2.16. The van der Waals surface area contributed by atoms with Crippen molar-refractivity contribution < 1.29 is 0 Å². The number of nitrogens with zero attached hydrogens (tertiary/aromatic N) is 3. The van der Waals surface area contributed by atoms with Crippen molar-refractivity contribution >= 4 is 21.9 Å². The molecule has 0 saturated heterocycles. The van der Waals surface area contributed by atoms with Gasteiger partial charge in [-0.25, -0.2) is 4.98 Å². The molecule has 4 aromatic rings. The molecule has 2 N–H and O–H groups in total. The Morgan fingerprint density at radius 1 is 1.19 bits per heavy atom. The standard InChI is InChI=1S/C21H25N5/c1-4-16-6-5-7-18-17(13-23-20(16)18)8-9-22-11-15-10-19-14(2)25-26(3)21(19)24-12-15/h5-7,10,12-13,22-23H,4,8-9,11H2,1-3H3. The van der Waals surface area contributed by atoms with Crippen LogP contribution >= 0.6 is 0 Å². The van der Waals surface area contributed by atoms with Gasteiger partial charge in [0.15, 0.2) is 5.65 Å². The second-order valence-electron chi connectivity index (χ2n) is 6.86. The van der Waals surface area contributed by atoms with E-state index in [0.29, 0.717) is 0 Å². The van der Waals surface area contributed by atoms with E-state index in [-0.39, 0.29) is 0 Å². The van der Waals surface area contributed by atoms with Gasteiger partial charge >= 0.3 is 0 Å². The normalized spacial score (nSPS) is 11.7. The number of aromatic nitrogens is 4. The van der Waals surface area contributed by atoms with Crippen molar-refractivity contribution in [3.63, 3.8) is 0 Å². The summed E-state index contributed by atoms with van der Waals surface area (Å²) in [6, 6.07) is 8.76. The Labute approximate surface area is 153 Å². The number of pyridine rings is 1. The van der Waals surface area contributed by atoms with Gasteiger partial charge in [-0.1, -0.05) is 25.1 Å². The fourth-order valence-corrected chi connectivity index (χ4v) is 3.68. The predicted molar refractivity (Wildman–Crippen MR) is 106 cm³/mol. The van der Waals surface area contributed by atoms with Crippen molar-refractivity contribution in [3.05, 3.63) is 59.0 Å². The second kappa shape index (κ2) is 6.92. The van der Waals surface area contributed by atoms with Gasteiger partial charge in [-0.2, -0.15) is 5.10 Å². The minimum atomic E-state index is 0.819. The number of aryl methyl sites for hydroxylation is 3. The highest BCUT2D eigenvalue weighted by Gasteiger charge is 2.08. The third-order valence-electron chi connectivity index (χ3n) is 5.09. The van der Waals surface area contributed by atoms with Crippen LogP contribution in [0.2, 0.25) is 0 Å². The first-order valence-electron chi connectivity index (χ1n) is 9.24. The summed E-state index contributed by atoms with van der Waals surface area (Å²) >= 11 is 0. The highest BCUT2D eigenvalue weighted by molar-refractivity contribution is 5.86. The lowest BCUT2D eigenvalue weighted by atomic mass is 10.1. The van der Waals surface area contributed by atoms with Crippen LogP contribution in [0.1, 0.15) is 29.3 Å². The summed E-state index contributed by atoms with van der Waals surface area (Å²) in [6.45, 7) is 5.99. The molecule has 5 heteroatoms. The van der Waals surface area contributed by atoms with E-state index in [4.69, 9.17) is 0 Å². The summed E-state index contributed by atoms with van der Waals surface area (Å²) in [4.78, 5) is 7.99. The first kappa shape index (κ1) is 16.8. The molecule has 0 aliphatic carbocycles. The Kier molecular flexibility index (Phi) is 4.47. The van der Waals surface area contributed by atoms with Crippen LogP contribution < -0.4 is 5.32 Å². The Hall–Kier alpha value is -2.66. The zero-order valence-electron chi connectivity index (χ0n) is 15.6. The van der Waals surface area contributed by atoms with E-state index in [1.807, 2.05) is 24.9 Å². The molecular formula is C21H25N5. The summed E-state index contributed by atoms with van der Waals surface area (Å²) < 4.78 is 1.84. The smallest absolute Gasteiger partial charge is 0.157 e. The average Bonchev–Trinajstić information content (AvgIpc) is 3.19. The van der Waals surface area contributed by atoms with Gasteiger partial charge in [0.2, 0.25) is 0 Å². The number of aromatic amines is 1. The van der Waals surface area contributed by atoms with E-state index in [1.165, 1.54) is 27.6 Å². The fraction of sp³-hybridized carbons (Fsp3) is 0.333. The van der Waals surface area contributed by atoms with Gasteiger partial charge in [0.05, 0.1) is 5.69 Å². The molecule has 26 heavy (non-hydrogen) atoms. The van der Waals surface area contributed by atoms with Crippen molar-refractivity contribution in [3.8, 4) is 0 Å². The number of hydrogen-bond acceptors (Lipinski definition) is 3. The summed E-state index contributed by atoms with van der Waals surface area (Å²) in [5.74, 6) is 0. The zero-order chi connectivity index (χ0) is 18.1. The molecule has 0 atom stereocenters. The number of benzene rings is 1. The minimum Gasteiger partial charge on any atom is -0.361 e. The van der Waals surface area contributed by atoms with Crippen LogP contribution in [0.3, 0.4) is 0 Å². The van der Waals surface area contributed by atoms with Gasteiger partial charge in [0.25, 0.3) is 0 Å². The lowest BCUT2D eigenvalue weighted by Gasteiger charge is -2.05. The maximum absolute atomic E-state index is 4.55. The monoisotopic (exact) mass is 347 g/mol. The summed E-state index contributed by atoms with van der Waals surface area (Å²) in [5.41, 5.74) is 7.21. The van der Waals surface area contributed by atoms with E-state index in [2.05, 4.69) is 57.8 Å². The molecule has 0 radical (unpaired) electrons. The van der Waals surface area contributed by atoms with Crippen LogP contribution in [-0.4, -0.2) is 26.3 Å². The Morgan fingerprint density at radius 2 is 2.08 bits per heavy atom. The van der Waals surface area contributed by atoms with Crippen LogP contribution in [0, 0.1) is 6.92 Å². The van der Waals surface area contributed by atoms with Crippen molar-refractivity contribution in [2.45, 2.75) is 33.2 Å². The molecule has 0 spiro atoms. The molecule has 134 valence electrons. The molecule has 0 bridgehead atoms. The van der Waals surface area contributed by atoms with Gasteiger partial charge in [-0.3, -0.25) is 4.68 Å². The summed E-state index contributed by atoms with van der Waals surface area (Å²) in [5, 5.41) is 10.5. The molecular weight excluding hydrogens is 322 g/mol. The van der Waals surface area contributed by atoms with Crippen LogP contribution in [0.4, 0.5) is 0 Å². The molecule has 5 nitrogen and oxygen atoms in total. The number of hydrogen-bond donors (Lipinski definition) is 2. The third-order valence-corrected chi connectivity index (χ3v) is 5.09. The first-order chi connectivity index (χ1) is 12.7. The van der Waals surface area contributed by atoms with Gasteiger partial charge < -0.3 is 10.3 Å². The lowest BCUT2D eigenvalue weighted by molar-refractivity contribution is 0.687. The Balaban J connectivity index is 1.40. The minimum absolute atomic E-state index is 0.819. The molecule has 3 aromatic heterocycles. The number of para-hydroxylation sites is 1. The number of fused-ring (bicyclic) bond motifs is 2. The van der Waals surface area contributed by atoms with E-state index in [0.717, 1.165) is 42.7 Å². The highest BCUT2D eigenvalue weighted by Crippen LogP contribution is 2.22. The van der Waals surface area contributed by atoms with Gasteiger partial charge in [-0.15, -0.1) is 0 Å². The van der Waals surface area contributed by atoms with Crippen LogP contribution in [-0.2, 0) is 26.4 Å². The molecule has 1 aromatic carbocycles. The van der Waals surface area contributed by atoms with Gasteiger partial charge in [0.1, 0.15) is 0 Å². The maximum atomic E-state index is 4.55. The summed E-state index contributed by atoms with van der Waals surface area (Å²) in [7, 11) is 1.94. The molecule has 0 aliphatic heterocycles. The maximum Gasteiger partial charge on any atom is 0.157 e. The topological polar surface area (TPSA) is 58.5 Å². The highest BCUT2D eigenvalue weighted by atomic mass is 15.3. The van der Waals surface area contributed by atoms with Crippen LogP contribution in [0.25, 0.3) is 21.9 Å². The molecule has 0 fully saturated rings. The Bertz CT molecular complexity index is 1060. The second-order valence-corrected chi connectivity index (χ2v) is 6.86. The van der Waals surface area contributed by atoms with Gasteiger partial charge in [0, 0.05) is 42.3 Å². The molecule has 0 amide bonds. The quantitative estimate of drug-likeness (QED) is 0.523. The van der Waals surface area contributed by atoms with Crippen LogP contribution in [0.5, 0.6) is 0 Å². The average molecular weight is 347 g/mol. The van der Waals surface area contributed by atoms with Gasteiger partial charge in [-0.05, 0) is 49.1 Å². The molecule has 0 unspecified atom stereocenters. The van der Waals surface area contributed by atoms with Crippen molar-refractivity contribution in [1.82, 2.24) is 25.1 Å². The Morgan fingerprint density at radius 3 is 2.92 bits per heavy atom. The molecule has 0 aliphatic rings. The molecule has 0 saturated carbocycles. The molecule has 4 rings (SSSR count). The van der Waals surface area contributed by atoms with E-state index < -0.39 is 0 Å². The van der Waals surface area contributed by atoms with E-state index in [1.54, 1.807) is 0 Å². The van der Waals surface area contributed by atoms with E-state index >= 15 is 0 Å². The molecule has 3 heterocycles. The first-order valence-corrected chi connectivity index (χ1v) is 9.24. The SMILES string of the molecule is CCc1cccc2c(CCNCc3cnc4c(c3)c(C)nn4C)c[nH]c12. The van der Waals surface area contributed by atoms with Crippen molar-refractivity contribution in [1.29, 1.82) is 0 Å². The predicted octanol–water partition coefficient (Wildman–Crippen LogP) is 3.65. The fourth-order valence-electron chi connectivity index (χ4n) is 3.68.